The zero-order chi connectivity index (χ0) is 31.1. The van der Waals surface area contributed by atoms with Crippen molar-refractivity contribution in [2.24, 2.45) is 50.2 Å². The molecule has 0 saturated heterocycles. The van der Waals surface area contributed by atoms with Crippen LogP contribution in [0.5, 0.6) is 0 Å². The highest BCUT2D eigenvalue weighted by Gasteiger charge is 2.68. The van der Waals surface area contributed by atoms with Crippen LogP contribution in [-0.2, 0) is 25.7 Å². The van der Waals surface area contributed by atoms with Crippen molar-refractivity contribution in [2.75, 3.05) is 0 Å². The van der Waals surface area contributed by atoms with Gasteiger partial charge in [0, 0.05) is 12.3 Å². The molecule has 0 heterocycles. The lowest BCUT2D eigenvalue weighted by molar-refractivity contribution is -0.212. The Hall–Kier alpha value is -2.10. The van der Waals surface area contributed by atoms with Crippen molar-refractivity contribution < 1.29 is 19.1 Å². The smallest absolute Gasteiger partial charge is 0.312 e. The van der Waals surface area contributed by atoms with Gasteiger partial charge in [0.05, 0.1) is 5.41 Å². The SMILES string of the molecule is CC(=O)O[C@H]1CC[C@@]2(C)C(CC[C@]3(C)C2CC=C2[C@@H]4C[C@@](C)(C(=O)OCc5ccccc5)CC[C@]4(C)CC[C@]23C)C1(C)C. The van der Waals surface area contributed by atoms with Gasteiger partial charge in [0.2, 0.25) is 0 Å². The van der Waals surface area contributed by atoms with Crippen LogP contribution in [0.2, 0.25) is 0 Å². The summed E-state index contributed by atoms with van der Waals surface area (Å²) in [6, 6.07) is 10.1. The van der Waals surface area contributed by atoms with Crippen LogP contribution in [0.4, 0.5) is 0 Å². The van der Waals surface area contributed by atoms with E-state index in [4.69, 9.17) is 9.47 Å². The highest BCUT2D eigenvalue weighted by molar-refractivity contribution is 5.76. The van der Waals surface area contributed by atoms with Crippen LogP contribution in [0, 0.1) is 50.2 Å². The Balaban J connectivity index is 1.28. The second-order valence-electron chi connectivity index (χ2n) is 17.3. The number of esters is 2. The number of fused-ring (bicyclic) bond motifs is 7. The number of rotatable bonds is 4. The molecule has 2 unspecified atom stereocenters. The molecule has 0 spiro atoms. The molecule has 0 bridgehead atoms. The van der Waals surface area contributed by atoms with Gasteiger partial charge in [0.25, 0.3) is 0 Å². The van der Waals surface area contributed by atoms with E-state index < -0.39 is 5.41 Å². The summed E-state index contributed by atoms with van der Waals surface area (Å²) < 4.78 is 11.9. The van der Waals surface area contributed by atoms with Gasteiger partial charge in [-0.15, -0.1) is 0 Å². The molecule has 1 aromatic carbocycles. The summed E-state index contributed by atoms with van der Waals surface area (Å²) in [6.07, 6.45) is 13.7. The average Bonchev–Trinajstić information content (AvgIpc) is 2.95. The van der Waals surface area contributed by atoms with Crippen molar-refractivity contribution in [3.8, 4) is 0 Å². The van der Waals surface area contributed by atoms with Crippen LogP contribution in [0.25, 0.3) is 0 Å². The second kappa shape index (κ2) is 10.2. The number of hydrogen-bond donors (Lipinski definition) is 0. The monoisotopic (exact) mass is 588 g/mol. The first-order valence-corrected chi connectivity index (χ1v) is 17.2. The van der Waals surface area contributed by atoms with E-state index in [1.807, 2.05) is 30.3 Å². The fourth-order valence-electron chi connectivity index (χ4n) is 11.8. The Morgan fingerprint density at radius 2 is 1.53 bits per heavy atom. The number of ether oxygens (including phenoxy) is 2. The van der Waals surface area contributed by atoms with Crippen molar-refractivity contribution in [3.05, 3.63) is 47.5 Å². The molecule has 0 aromatic heterocycles. The Labute approximate surface area is 260 Å². The molecular formula is C39H56O4. The van der Waals surface area contributed by atoms with Gasteiger partial charge >= 0.3 is 11.9 Å². The third kappa shape index (κ3) is 4.58. The predicted molar refractivity (Wildman–Crippen MR) is 171 cm³/mol. The van der Waals surface area contributed by atoms with Crippen molar-refractivity contribution in [2.45, 2.75) is 132 Å². The topological polar surface area (TPSA) is 52.6 Å². The minimum absolute atomic E-state index is 0.00895. The molecule has 4 heteroatoms. The fraction of sp³-hybridized carbons (Fsp3) is 0.744. The fourth-order valence-corrected chi connectivity index (χ4v) is 11.8. The second-order valence-corrected chi connectivity index (χ2v) is 17.3. The Kier molecular flexibility index (Phi) is 7.34. The maximum Gasteiger partial charge on any atom is 0.312 e. The Morgan fingerprint density at radius 3 is 2.23 bits per heavy atom. The normalized spacial score (nSPS) is 44.9. The van der Waals surface area contributed by atoms with E-state index >= 15 is 0 Å². The minimum Gasteiger partial charge on any atom is -0.462 e. The van der Waals surface area contributed by atoms with E-state index in [0.29, 0.717) is 24.4 Å². The molecule has 5 aliphatic carbocycles. The van der Waals surface area contributed by atoms with E-state index in [2.05, 4.69) is 54.5 Å². The van der Waals surface area contributed by atoms with Crippen molar-refractivity contribution >= 4 is 11.9 Å². The van der Waals surface area contributed by atoms with Crippen LogP contribution in [0.15, 0.2) is 42.0 Å². The molecule has 0 aliphatic heterocycles. The molecule has 0 radical (unpaired) electrons. The zero-order valence-corrected chi connectivity index (χ0v) is 28.2. The summed E-state index contributed by atoms with van der Waals surface area (Å²) >= 11 is 0. The highest BCUT2D eigenvalue weighted by atomic mass is 16.5. The summed E-state index contributed by atoms with van der Waals surface area (Å²) in [6.45, 7) is 19.2. The highest BCUT2D eigenvalue weighted by Crippen LogP contribution is 2.75. The molecule has 4 saturated carbocycles. The molecule has 5 aliphatic rings. The third-order valence-corrected chi connectivity index (χ3v) is 14.8. The van der Waals surface area contributed by atoms with Crippen LogP contribution in [0.3, 0.4) is 0 Å². The molecule has 0 N–H and O–H groups in total. The first-order valence-electron chi connectivity index (χ1n) is 17.2. The average molecular weight is 589 g/mol. The zero-order valence-electron chi connectivity index (χ0n) is 28.2. The largest absolute Gasteiger partial charge is 0.462 e. The number of allylic oxidation sites excluding steroid dienone is 2. The molecule has 4 fully saturated rings. The summed E-state index contributed by atoms with van der Waals surface area (Å²) in [5.74, 6) is 1.41. The summed E-state index contributed by atoms with van der Waals surface area (Å²) in [4.78, 5) is 25.7. The minimum atomic E-state index is -0.446. The molecule has 0 amide bonds. The Bertz CT molecular complexity index is 1300. The summed E-state index contributed by atoms with van der Waals surface area (Å²) in [5.41, 5.74) is 3.07. The van der Waals surface area contributed by atoms with Gasteiger partial charge < -0.3 is 9.47 Å². The number of benzene rings is 1. The molecule has 43 heavy (non-hydrogen) atoms. The van der Waals surface area contributed by atoms with E-state index in [0.717, 1.165) is 44.1 Å². The van der Waals surface area contributed by atoms with Gasteiger partial charge in [-0.2, -0.15) is 0 Å². The van der Waals surface area contributed by atoms with E-state index in [-0.39, 0.29) is 45.1 Å². The molecule has 9 atom stereocenters. The third-order valence-electron chi connectivity index (χ3n) is 14.8. The maximum atomic E-state index is 13.7. The molecule has 4 nitrogen and oxygen atoms in total. The van der Waals surface area contributed by atoms with E-state index in [1.54, 1.807) is 12.5 Å². The lowest BCUT2D eigenvalue weighted by atomic mass is 9.33. The first kappa shape index (κ1) is 30.9. The first-order chi connectivity index (χ1) is 20.1. The molecule has 6 rings (SSSR count). The van der Waals surface area contributed by atoms with Crippen LogP contribution >= 0.6 is 0 Å². The van der Waals surface area contributed by atoms with Crippen molar-refractivity contribution in [1.82, 2.24) is 0 Å². The van der Waals surface area contributed by atoms with Crippen molar-refractivity contribution in [1.29, 1.82) is 0 Å². The van der Waals surface area contributed by atoms with Crippen LogP contribution < -0.4 is 0 Å². The number of carbonyl (C=O) groups excluding carboxylic acids is 2. The molecule has 1 aromatic rings. The van der Waals surface area contributed by atoms with Crippen LogP contribution in [0.1, 0.15) is 125 Å². The van der Waals surface area contributed by atoms with Crippen molar-refractivity contribution in [3.63, 3.8) is 0 Å². The van der Waals surface area contributed by atoms with Crippen LogP contribution in [-0.4, -0.2) is 18.0 Å². The quantitative estimate of drug-likeness (QED) is 0.260. The van der Waals surface area contributed by atoms with E-state index in [1.165, 1.54) is 25.7 Å². The standard InChI is InChI=1S/C39H56O4/c1-26(40)43-32-17-18-37(6)30(34(32,2)3)16-19-39(8)31(37)15-14-28-29-24-36(5,21-20-35(29,4)22-23-38(28,39)7)33(41)42-25-27-12-10-9-11-13-27/h9-14,29-32H,15-25H2,1-8H3/t29-,30?,31?,32-,35+,36-,37-,38+,39+/m0/s1. The number of hydrogen-bond acceptors (Lipinski definition) is 4. The maximum absolute atomic E-state index is 13.7. The van der Waals surface area contributed by atoms with Gasteiger partial charge in [0.15, 0.2) is 0 Å². The lowest BCUT2D eigenvalue weighted by Crippen LogP contribution is -2.64. The van der Waals surface area contributed by atoms with Gasteiger partial charge in [-0.3, -0.25) is 9.59 Å². The van der Waals surface area contributed by atoms with Gasteiger partial charge in [-0.1, -0.05) is 83.5 Å². The Morgan fingerprint density at radius 1 is 0.837 bits per heavy atom. The summed E-state index contributed by atoms with van der Waals surface area (Å²) in [5, 5.41) is 0. The van der Waals surface area contributed by atoms with Gasteiger partial charge in [0.1, 0.15) is 12.7 Å². The predicted octanol–water partition coefficient (Wildman–Crippen LogP) is 9.46. The van der Waals surface area contributed by atoms with Gasteiger partial charge in [-0.25, -0.2) is 0 Å². The molecular weight excluding hydrogens is 532 g/mol. The molecule has 236 valence electrons. The van der Waals surface area contributed by atoms with E-state index in [9.17, 15) is 9.59 Å². The number of carbonyl (C=O) groups is 2. The lowest BCUT2D eigenvalue weighted by Gasteiger charge is -2.71. The summed E-state index contributed by atoms with van der Waals surface area (Å²) in [7, 11) is 0. The van der Waals surface area contributed by atoms with Gasteiger partial charge in [-0.05, 0) is 116 Å².